The molecule has 2 heteroatoms. The van der Waals surface area contributed by atoms with E-state index in [1.54, 1.807) is 0 Å². The highest BCUT2D eigenvalue weighted by molar-refractivity contribution is 7.81. The Hall–Kier alpha value is -3.36. The molecule has 1 nitrogen and oxygen atoms in total. The first kappa shape index (κ1) is 18.0. The van der Waals surface area contributed by atoms with E-state index in [0.717, 1.165) is 27.1 Å². The summed E-state index contributed by atoms with van der Waals surface area (Å²) in [5.74, 6) is 0.0164. The van der Waals surface area contributed by atoms with Crippen LogP contribution in [0.1, 0.15) is 27.0 Å². The van der Waals surface area contributed by atoms with E-state index in [2.05, 4.69) is 18.2 Å². The van der Waals surface area contributed by atoms with Gasteiger partial charge in [-0.25, -0.2) is 0 Å². The second-order valence-electron chi connectivity index (χ2n) is 6.51. The molecule has 0 aliphatic rings. The molecular weight excluding hydrogens is 360 g/mol. The summed E-state index contributed by atoms with van der Waals surface area (Å²) in [6, 6.07) is 35.3. The van der Waals surface area contributed by atoms with E-state index in [4.69, 9.17) is 12.2 Å². The van der Waals surface area contributed by atoms with Gasteiger partial charge in [0.2, 0.25) is 0 Å². The molecule has 0 aromatic heterocycles. The van der Waals surface area contributed by atoms with E-state index < -0.39 is 0 Å². The van der Waals surface area contributed by atoms with Crippen molar-refractivity contribution >= 4 is 22.9 Å². The zero-order valence-corrected chi connectivity index (χ0v) is 16.0. The van der Waals surface area contributed by atoms with Crippen LogP contribution in [-0.2, 0) is 0 Å². The molecule has 0 N–H and O–H groups in total. The molecule has 0 atom stereocenters. The third-order valence-electron chi connectivity index (χ3n) is 4.70. The zero-order chi connectivity index (χ0) is 19.3. The van der Waals surface area contributed by atoms with Gasteiger partial charge in [0.25, 0.3) is 0 Å². The minimum absolute atomic E-state index is 0.0164. The first-order valence-electron chi connectivity index (χ1n) is 9.13. The van der Waals surface area contributed by atoms with Crippen LogP contribution in [0.5, 0.6) is 0 Å². The monoisotopic (exact) mass is 378 g/mol. The van der Waals surface area contributed by atoms with Crippen LogP contribution in [0.3, 0.4) is 0 Å². The lowest BCUT2D eigenvalue weighted by Crippen LogP contribution is -2.04. The van der Waals surface area contributed by atoms with Crippen LogP contribution in [0.15, 0.2) is 109 Å². The molecule has 0 aliphatic heterocycles. The highest BCUT2D eigenvalue weighted by atomic mass is 32.1. The number of hydrogen-bond donors (Lipinski definition) is 0. The predicted molar refractivity (Wildman–Crippen MR) is 119 cm³/mol. The SMILES string of the molecule is O=C(c1ccccc1)c1ccc(C(=S)c2ccccc2-c2ccccc2)cc1. The van der Waals surface area contributed by atoms with Gasteiger partial charge in [-0.05, 0) is 16.7 Å². The molecule has 4 aromatic carbocycles. The van der Waals surface area contributed by atoms with Crippen molar-refractivity contribution < 1.29 is 4.79 Å². The number of benzene rings is 4. The fourth-order valence-electron chi connectivity index (χ4n) is 3.24. The average molecular weight is 378 g/mol. The van der Waals surface area contributed by atoms with Crippen LogP contribution in [0.25, 0.3) is 11.1 Å². The van der Waals surface area contributed by atoms with Gasteiger partial charge in [0.05, 0.1) is 4.86 Å². The minimum Gasteiger partial charge on any atom is -0.289 e. The number of ketones is 1. The maximum absolute atomic E-state index is 12.6. The summed E-state index contributed by atoms with van der Waals surface area (Å²) in [5, 5.41) is 0. The highest BCUT2D eigenvalue weighted by Gasteiger charge is 2.13. The normalized spacial score (nSPS) is 10.4. The van der Waals surface area contributed by atoms with Gasteiger partial charge in [0, 0.05) is 16.7 Å². The smallest absolute Gasteiger partial charge is 0.193 e. The lowest BCUT2D eigenvalue weighted by atomic mass is 9.94. The van der Waals surface area contributed by atoms with Crippen molar-refractivity contribution in [3.05, 3.63) is 131 Å². The molecule has 134 valence electrons. The zero-order valence-electron chi connectivity index (χ0n) is 15.2. The Morgan fingerprint density at radius 2 is 1.04 bits per heavy atom. The molecule has 0 amide bonds. The topological polar surface area (TPSA) is 17.1 Å². The second kappa shape index (κ2) is 8.12. The van der Waals surface area contributed by atoms with Crippen LogP contribution in [0.2, 0.25) is 0 Å². The van der Waals surface area contributed by atoms with Crippen molar-refractivity contribution in [2.45, 2.75) is 0 Å². The number of carbonyl (C=O) groups excluding carboxylic acids is 1. The van der Waals surface area contributed by atoms with E-state index in [1.807, 2.05) is 91.0 Å². The molecule has 0 heterocycles. The summed E-state index contributed by atoms with van der Waals surface area (Å²) in [7, 11) is 0. The Balaban J connectivity index is 1.64. The maximum atomic E-state index is 12.6. The number of thiocarbonyl (C=S) groups is 1. The second-order valence-corrected chi connectivity index (χ2v) is 6.92. The van der Waals surface area contributed by atoms with Gasteiger partial charge >= 0.3 is 0 Å². The van der Waals surface area contributed by atoms with Gasteiger partial charge in [0.1, 0.15) is 0 Å². The van der Waals surface area contributed by atoms with Crippen molar-refractivity contribution in [1.29, 1.82) is 0 Å². The minimum atomic E-state index is 0.0164. The third kappa shape index (κ3) is 3.68. The molecule has 28 heavy (non-hydrogen) atoms. The van der Waals surface area contributed by atoms with E-state index in [9.17, 15) is 4.79 Å². The lowest BCUT2D eigenvalue weighted by molar-refractivity contribution is 0.103. The van der Waals surface area contributed by atoms with Gasteiger partial charge in [-0.1, -0.05) is 121 Å². The van der Waals surface area contributed by atoms with Crippen LogP contribution in [0, 0.1) is 0 Å². The van der Waals surface area contributed by atoms with Crippen LogP contribution in [-0.4, -0.2) is 10.6 Å². The fourth-order valence-corrected chi connectivity index (χ4v) is 3.55. The predicted octanol–water partition coefficient (Wildman–Crippen LogP) is 6.35. The molecule has 0 spiro atoms. The largest absolute Gasteiger partial charge is 0.289 e. The van der Waals surface area contributed by atoms with Crippen molar-refractivity contribution in [2.24, 2.45) is 0 Å². The van der Waals surface area contributed by atoms with Gasteiger partial charge in [-0.2, -0.15) is 0 Å². The van der Waals surface area contributed by atoms with E-state index in [1.165, 1.54) is 0 Å². The van der Waals surface area contributed by atoms with Crippen LogP contribution >= 0.6 is 12.2 Å². The molecular formula is C26H18OS. The molecule has 4 aromatic rings. The summed E-state index contributed by atoms with van der Waals surface area (Å²) < 4.78 is 0. The Labute approximate surface area is 170 Å². The van der Waals surface area contributed by atoms with Gasteiger partial charge < -0.3 is 0 Å². The number of rotatable bonds is 5. The van der Waals surface area contributed by atoms with Crippen molar-refractivity contribution in [3.8, 4) is 11.1 Å². The first-order chi connectivity index (χ1) is 13.7. The van der Waals surface area contributed by atoms with E-state index in [0.29, 0.717) is 11.1 Å². The molecule has 0 unspecified atom stereocenters. The number of hydrogen-bond acceptors (Lipinski definition) is 2. The number of carbonyl (C=O) groups is 1. The highest BCUT2D eigenvalue weighted by Crippen LogP contribution is 2.26. The van der Waals surface area contributed by atoms with Gasteiger partial charge in [-0.15, -0.1) is 0 Å². The summed E-state index contributed by atoms with van der Waals surface area (Å²) in [6.07, 6.45) is 0. The van der Waals surface area contributed by atoms with E-state index >= 15 is 0 Å². The lowest BCUT2D eigenvalue weighted by Gasteiger charge is -2.12. The van der Waals surface area contributed by atoms with Gasteiger partial charge in [-0.3, -0.25) is 4.79 Å². The third-order valence-corrected chi connectivity index (χ3v) is 5.16. The maximum Gasteiger partial charge on any atom is 0.193 e. The molecule has 0 bridgehead atoms. The molecule has 0 radical (unpaired) electrons. The van der Waals surface area contributed by atoms with Crippen molar-refractivity contribution in [3.63, 3.8) is 0 Å². The summed E-state index contributed by atoms with van der Waals surface area (Å²) in [5.41, 5.74) is 5.55. The Kier molecular flexibility index (Phi) is 5.22. The van der Waals surface area contributed by atoms with Crippen LogP contribution < -0.4 is 0 Å². The first-order valence-corrected chi connectivity index (χ1v) is 9.54. The van der Waals surface area contributed by atoms with Crippen LogP contribution in [0.4, 0.5) is 0 Å². The summed E-state index contributed by atoms with van der Waals surface area (Å²) >= 11 is 5.79. The molecule has 0 saturated heterocycles. The molecule has 0 fully saturated rings. The Bertz CT molecular complexity index is 1110. The van der Waals surface area contributed by atoms with E-state index in [-0.39, 0.29) is 5.78 Å². The summed E-state index contributed by atoms with van der Waals surface area (Å²) in [4.78, 5) is 13.4. The quantitative estimate of drug-likeness (QED) is 0.297. The van der Waals surface area contributed by atoms with Crippen molar-refractivity contribution in [1.82, 2.24) is 0 Å². The average Bonchev–Trinajstić information content (AvgIpc) is 2.79. The van der Waals surface area contributed by atoms with Gasteiger partial charge in [0.15, 0.2) is 5.78 Å². The molecule has 0 aliphatic carbocycles. The Morgan fingerprint density at radius 1 is 0.536 bits per heavy atom. The summed E-state index contributed by atoms with van der Waals surface area (Å²) in [6.45, 7) is 0. The molecule has 4 rings (SSSR count). The fraction of sp³-hybridized carbons (Fsp3) is 0. The van der Waals surface area contributed by atoms with Crippen molar-refractivity contribution in [2.75, 3.05) is 0 Å². The standard InChI is InChI=1S/C26H18OS/c27-25(20-11-5-2-6-12-20)21-15-17-22(18-16-21)26(28)24-14-8-7-13-23(24)19-9-3-1-4-10-19/h1-18H. The molecule has 0 saturated carbocycles. The Morgan fingerprint density at radius 3 is 1.71 bits per heavy atom.